The van der Waals surface area contributed by atoms with Crippen LogP contribution in [0.3, 0.4) is 0 Å². The van der Waals surface area contributed by atoms with Gasteiger partial charge in [-0.15, -0.1) is 0 Å². The summed E-state index contributed by atoms with van der Waals surface area (Å²) in [7, 11) is 0. The minimum Gasteiger partial charge on any atom is -0.465 e. The minimum atomic E-state index is -2.36. The Kier molecular flexibility index (Phi) is 3.71. The molecular weight excluding hydrogens is 485 g/mol. The van der Waals surface area contributed by atoms with E-state index in [0.29, 0.717) is 0 Å². The minimum absolute atomic E-state index is 0.00926. The van der Waals surface area contributed by atoms with E-state index < -0.39 is 17.4 Å². The van der Waals surface area contributed by atoms with Crippen molar-refractivity contribution in [1.29, 1.82) is 0 Å². The van der Waals surface area contributed by atoms with Gasteiger partial charge in [0.25, 0.3) is 0 Å². The lowest BCUT2D eigenvalue weighted by Crippen LogP contribution is -2.34. The molecule has 0 atom stereocenters. The van der Waals surface area contributed by atoms with Crippen LogP contribution >= 0.6 is 45.2 Å². The van der Waals surface area contributed by atoms with E-state index in [1.165, 1.54) is 6.07 Å². The molecule has 0 saturated carbocycles. The predicted octanol–water partition coefficient (Wildman–Crippen LogP) is 3.88. The average Bonchev–Trinajstić information content (AvgIpc) is 2.63. The van der Waals surface area contributed by atoms with Gasteiger partial charge < -0.3 is 4.74 Å². The van der Waals surface area contributed by atoms with Crippen LogP contribution in [-0.4, -0.2) is 11.6 Å². The Balaban J connectivity index is 2.74. The third-order valence-corrected chi connectivity index (χ3v) is 4.01. The maximum absolute atomic E-state index is 13.7. The summed E-state index contributed by atoms with van der Waals surface area (Å²) in [6, 6.07) is 1.25. The van der Waals surface area contributed by atoms with E-state index in [1.807, 2.05) is 0 Å². The second-order valence-corrected chi connectivity index (χ2v) is 5.52. The predicted molar refractivity (Wildman–Crippen MR) is 77.8 cm³/mol. The first kappa shape index (κ1) is 14.1. The molecule has 0 bridgehead atoms. The largest absolute Gasteiger partial charge is 0.465 e. The average molecular weight is 486 g/mol. The molecule has 0 fully saturated rings. The molecule has 0 saturated heterocycles. The Hall–Kier alpha value is -1.30. The van der Waals surface area contributed by atoms with Gasteiger partial charge in [0.2, 0.25) is 5.78 Å². The van der Waals surface area contributed by atoms with Crippen molar-refractivity contribution in [3.05, 3.63) is 45.5 Å². The van der Waals surface area contributed by atoms with Crippen molar-refractivity contribution in [2.24, 2.45) is 10.2 Å². The molecule has 1 heterocycles. The number of carbonyl (C=O) groups is 1. The Labute approximate surface area is 131 Å². The van der Waals surface area contributed by atoms with E-state index in [4.69, 9.17) is 15.8 Å². The van der Waals surface area contributed by atoms with Crippen molar-refractivity contribution in [2.75, 3.05) is 0 Å². The van der Waals surface area contributed by atoms with Gasteiger partial charge in [0.15, 0.2) is 5.82 Å². The first-order chi connectivity index (χ1) is 8.96. The molecule has 1 aromatic rings. The van der Waals surface area contributed by atoms with E-state index in [9.17, 15) is 9.18 Å². The van der Waals surface area contributed by atoms with E-state index >= 15 is 0 Å². The van der Waals surface area contributed by atoms with E-state index in [0.717, 1.165) is 0 Å². The summed E-state index contributed by atoms with van der Waals surface area (Å²) in [5, 5.41) is 6.20. The molecule has 0 aliphatic carbocycles. The summed E-state index contributed by atoms with van der Waals surface area (Å²) in [6.07, 6.45) is 0. The first-order valence-corrected chi connectivity index (χ1v) is 6.66. The number of ketones is 1. The van der Waals surface area contributed by atoms with Crippen LogP contribution in [0.4, 0.5) is 4.39 Å². The zero-order chi connectivity index (χ0) is 14.2. The highest BCUT2D eigenvalue weighted by Crippen LogP contribution is 2.42. The molecule has 0 unspecified atom stereocenters. The molecule has 0 spiro atoms. The third kappa shape index (κ3) is 2.08. The van der Waals surface area contributed by atoms with Gasteiger partial charge in [-0.2, -0.15) is 0 Å². The number of ether oxygens (including phenoxy) is 1. The Morgan fingerprint density at radius 3 is 2.42 bits per heavy atom. The molecule has 19 heavy (non-hydrogen) atoms. The number of halogens is 3. The number of benzene rings is 1. The van der Waals surface area contributed by atoms with Crippen molar-refractivity contribution < 1.29 is 13.9 Å². The highest BCUT2D eigenvalue weighted by atomic mass is 127. The monoisotopic (exact) mass is 486 g/mol. The topological polar surface area (TPSA) is 124 Å². The molecule has 8 nitrogen and oxygen atoms in total. The van der Waals surface area contributed by atoms with Crippen molar-refractivity contribution in [3.63, 3.8) is 0 Å². The summed E-state index contributed by atoms with van der Waals surface area (Å²) < 4.78 is 19.1. The van der Waals surface area contributed by atoms with Crippen molar-refractivity contribution >= 4 is 51.0 Å². The molecule has 0 radical (unpaired) electrons. The summed E-state index contributed by atoms with van der Waals surface area (Å²) in [4.78, 5) is 17.0. The van der Waals surface area contributed by atoms with Crippen LogP contribution in [0.5, 0.6) is 5.75 Å². The van der Waals surface area contributed by atoms with Crippen LogP contribution in [0, 0.1) is 13.0 Å². The van der Waals surface area contributed by atoms with E-state index in [2.05, 4.69) is 20.1 Å². The zero-order valence-corrected chi connectivity index (χ0v) is 13.0. The number of nitrogens with zero attached hydrogens (tertiary/aromatic N) is 6. The molecule has 1 aliphatic rings. The first-order valence-electron chi connectivity index (χ1n) is 4.50. The lowest BCUT2D eigenvalue weighted by Gasteiger charge is -2.14. The lowest BCUT2D eigenvalue weighted by atomic mass is 10.1. The van der Waals surface area contributed by atoms with Crippen LogP contribution in [0.1, 0.15) is 10.4 Å². The Bertz CT molecular complexity index is 677. The third-order valence-electron chi connectivity index (χ3n) is 2.26. The van der Waals surface area contributed by atoms with E-state index in [-0.39, 0.29) is 18.5 Å². The van der Waals surface area contributed by atoms with Gasteiger partial charge in [-0.1, -0.05) is 0 Å². The van der Waals surface area contributed by atoms with Gasteiger partial charge in [-0.05, 0) is 72.5 Å². The molecule has 11 heteroatoms. The molecule has 0 amide bonds. The van der Waals surface area contributed by atoms with Crippen molar-refractivity contribution in [2.45, 2.75) is 5.85 Å². The maximum atomic E-state index is 13.7. The lowest BCUT2D eigenvalue weighted by molar-refractivity contribution is 0.0607. The molecule has 96 valence electrons. The SMILES string of the molecule is [N-]=[N+]=NC1(N=[N+]=[N-])Oc2c(cc(I)c(F)c2I)C1=O. The molecule has 2 rings (SSSR count). The Morgan fingerprint density at radius 1 is 1.32 bits per heavy atom. The number of azide groups is 1. The summed E-state index contributed by atoms with van der Waals surface area (Å²) in [5.74, 6) is -3.84. The second kappa shape index (κ2) is 5.00. The van der Waals surface area contributed by atoms with Crippen LogP contribution in [-0.2, 0) is 0 Å². The maximum Gasteiger partial charge on any atom is 0.328 e. The summed E-state index contributed by atoms with van der Waals surface area (Å²) in [5.41, 5.74) is 16.9. The molecule has 1 aromatic carbocycles. The summed E-state index contributed by atoms with van der Waals surface area (Å²) in [6.45, 7) is 0. The van der Waals surface area contributed by atoms with Gasteiger partial charge in [0, 0.05) is 9.82 Å². The number of fused-ring (bicyclic) bond motifs is 1. The normalized spacial score (nSPS) is 20.1. The number of hydrogen-bond acceptors (Lipinski definition) is 4. The molecule has 0 aromatic heterocycles. The Morgan fingerprint density at radius 2 is 1.89 bits per heavy atom. The van der Waals surface area contributed by atoms with Gasteiger partial charge in [-0.3, -0.25) is 4.79 Å². The van der Waals surface area contributed by atoms with Gasteiger partial charge in [-0.25, -0.2) is 4.39 Å². The highest BCUT2D eigenvalue weighted by Gasteiger charge is 2.49. The van der Waals surface area contributed by atoms with Crippen molar-refractivity contribution in [3.8, 4) is 5.75 Å². The standard InChI is InChI=1S/C8HFI2N6O2/c9-4-3(10)1-2-6(5(4)11)19-8(7(2)18,14-16-12)15-17-13/h1H. The van der Waals surface area contributed by atoms with Gasteiger partial charge in [0.1, 0.15) is 5.75 Å². The fourth-order valence-corrected chi connectivity index (χ4v) is 3.27. The van der Waals surface area contributed by atoms with Crippen LogP contribution in [0.15, 0.2) is 16.3 Å². The number of Topliss-reactive ketones (excluding diaryl/α,β-unsaturated/α-hetero) is 1. The number of rotatable bonds is 2. The van der Waals surface area contributed by atoms with Crippen LogP contribution < -0.4 is 4.74 Å². The van der Waals surface area contributed by atoms with Crippen molar-refractivity contribution in [1.82, 2.24) is 0 Å². The van der Waals surface area contributed by atoms with Crippen LogP contribution in [0.25, 0.3) is 20.9 Å². The molecule has 0 N–H and O–H groups in total. The number of hydrogen-bond donors (Lipinski definition) is 0. The summed E-state index contributed by atoms with van der Waals surface area (Å²) >= 11 is 3.37. The second-order valence-electron chi connectivity index (χ2n) is 3.28. The fourth-order valence-electron chi connectivity index (χ4n) is 1.48. The van der Waals surface area contributed by atoms with Gasteiger partial charge >= 0.3 is 5.85 Å². The fraction of sp³-hybridized carbons (Fsp3) is 0.125. The van der Waals surface area contributed by atoms with Gasteiger partial charge in [0.05, 0.1) is 12.7 Å². The smallest absolute Gasteiger partial charge is 0.328 e. The highest BCUT2D eigenvalue weighted by molar-refractivity contribution is 14.1. The molecular formula is C8HFI2N6O2. The van der Waals surface area contributed by atoms with E-state index in [1.54, 1.807) is 45.2 Å². The van der Waals surface area contributed by atoms with Crippen LogP contribution in [0.2, 0.25) is 0 Å². The zero-order valence-electron chi connectivity index (χ0n) is 8.71. The quantitative estimate of drug-likeness (QED) is 0.207. The number of carbonyl (C=O) groups excluding carboxylic acids is 1. The molecule has 1 aliphatic heterocycles.